The van der Waals surface area contributed by atoms with Gasteiger partial charge in [-0.15, -0.1) is 11.3 Å². The summed E-state index contributed by atoms with van der Waals surface area (Å²) in [6.07, 6.45) is 1.70. The number of anilines is 1. The predicted octanol–water partition coefficient (Wildman–Crippen LogP) is 2.39. The van der Waals surface area contributed by atoms with Crippen LogP contribution in [0.4, 0.5) is 5.82 Å². The number of thiophene rings is 1. The van der Waals surface area contributed by atoms with Gasteiger partial charge in [-0.05, 0) is 11.6 Å². The third-order valence-electron chi connectivity index (χ3n) is 3.84. The molecule has 0 bridgehead atoms. The van der Waals surface area contributed by atoms with E-state index in [1.165, 1.54) is 6.33 Å². The topological polar surface area (TPSA) is 95.4 Å². The van der Waals surface area contributed by atoms with Crippen molar-refractivity contribution >= 4 is 39.2 Å². The van der Waals surface area contributed by atoms with Gasteiger partial charge in [0.15, 0.2) is 0 Å². The van der Waals surface area contributed by atoms with E-state index in [1.807, 2.05) is 42.3 Å². The van der Waals surface area contributed by atoms with E-state index < -0.39 is 5.97 Å². The van der Waals surface area contributed by atoms with Crippen LogP contribution in [0.15, 0.2) is 42.7 Å². The lowest BCUT2D eigenvalue weighted by molar-refractivity contribution is -0.137. The fraction of sp³-hybridized carbons (Fsp3) is 0.222. The van der Waals surface area contributed by atoms with Crippen molar-refractivity contribution in [3.05, 3.63) is 42.7 Å². The van der Waals surface area contributed by atoms with E-state index >= 15 is 0 Å². The number of nitrogens with one attached hydrogen (secondary N) is 1. The standard InChI is InChI=1S/C18H18N4O3S/c1-22(8-7-15(23)19-10-16(24)25)17-13-9-14(12-5-3-2-4-6-12)26-18(13)21-11-20-17/h2-6,9,11H,7-8,10H2,1H3,(H,19,23)(H,24,25). The van der Waals surface area contributed by atoms with Crippen LogP contribution < -0.4 is 10.2 Å². The summed E-state index contributed by atoms with van der Waals surface area (Å²) in [6.45, 7) is 0.0549. The molecule has 26 heavy (non-hydrogen) atoms. The number of hydrogen-bond acceptors (Lipinski definition) is 6. The molecule has 1 amide bonds. The highest BCUT2D eigenvalue weighted by atomic mass is 32.1. The van der Waals surface area contributed by atoms with Gasteiger partial charge in [-0.1, -0.05) is 30.3 Å². The number of fused-ring (bicyclic) bond motifs is 1. The molecule has 0 saturated carbocycles. The third kappa shape index (κ3) is 4.15. The Morgan fingerprint density at radius 2 is 2.00 bits per heavy atom. The fourth-order valence-electron chi connectivity index (χ4n) is 2.53. The molecule has 3 aromatic rings. The maximum atomic E-state index is 11.7. The Kier molecular flexibility index (Phi) is 5.43. The Balaban J connectivity index is 1.76. The second-order valence-corrected chi connectivity index (χ2v) is 6.77. The molecule has 8 heteroatoms. The largest absolute Gasteiger partial charge is 0.480 e. The van der Waals surface area contributed by atoms with Gasteiger partial charge in [-0.25, -0.2) is 9.97 Å². The highest BCUT2D eigenvalue weighted by molar-refractivity contribution is 7.21. The molecule has 2 N–H and O–H groups in total. The molecule has 0 aliphatic heterocycles. The van der Waals surface area contributed by atoms with E-state index in [9.17, 15) is 9.59 Å². The molecule has 134 valence electrons. The minimum Gasteiger partial charge on any atom is -0.480 e. The number of carbonyl (C=O) groups is 2. The Morgan fingerprint density at radius 3 is 2.73 bits per heavy atom. The van der Waals surface area contributed by atoms with Crippen molar-refractivity contribution in [3.8, 4) is 10.4 Å². The van der Waals surface area contributed by atoms with Crippen molar-refractivity contribution in [1.29, 1.82) is 0 Å². The fourth-order valence-corrected chi connectivity index (χ4v) is 3.53. The summed E-state index contributed by atoms with van der Waals surface area (Å²) >= 11 is 1.60. The van der Waals surface area contributed by atoms with Gasteiger partial charge in [0.25, 0.3) is 0 Å². The van der Waals surface area contributed by atoms with Crippen molar-refractivity contribution < 1.29 is 14.7 Å². The summed E-state index contributed by atoms with van der Waals surface area (Å²) < 4.78 is 0. The van der Waals surface area contributed by atoms with Gasteiger partial charge >= 0.3 is 5.97 Å². The molecule has 0 atom stereocenters. The SMILES string of the molecule is CN(CCC(=O)NCC(=O)O)c1ncnc2sc(-c3ccccc3)cc12. The van der Waals surface area contributed by atoms with Crippen molar-refractivity contribution in [2.75, 3.05) is 25.0 Å². The molecule has 0 fully saturated rings. The zero-order chi connectivity index (χ0) is 18.5. The molecule has 0 aliphatic carbocycles. The highest BCUT2D eigenvalue weighted by Gasteiger charge is 2.14. The maximum Gasteiger partial charge on any atom is 0.322 e. The summed E-state index contributed by atoms with van der Waals surface area (Å²) in [4.78, 5) is 34.8. The molecule has 0 unspecified atom stereocenters. The van der Waals surface area contributed by atoms with Crippen LogP contribution in [0.5, 0.6) is 0 Å². The molecule has 0 spiro atoms. The molecule has 3 rings (SSSR count). The molecule has 2 aromatic heterocycles. The number of amides is 1. The quantitative estimate of drug-likeness (QED) is 0.663. The Bertz CT molecular complexity index is 927. The van der Waals surface area contributed by atoms with Crippen LogP contribution in [0, 0.1) is 0 Å². The van der Waals surface area contributed by atoms with Crippen LogP contribution in [0.1, 0.15) is 6.42 Å². The Morgan fingerprint density at radius 1 is 1.23 bits per heavy atom. The minimum absolute atomic E-state index is 0.185. The van der Waals surface area contributed by atoms with Gasteiger partial charge in [-0.2, -0.15) is 0 Å². The first-order valence-corrected chi connectivity index (χ1v) is 8.86. The lowest BCUT2D eigenvalue weighted by atomic mass is 10.2. The second kappa shape index (κ2) is 7.92. The number of benzene rings is 1. The van der Waals surface area contributed by atoms with E-state index in [0.29, 0.717) is 6.54 Å². The maximum absolute atomic E-state index is 11.7. The van der Waals surface area contributed by atoms with Gasteiger partial charge in [0, 0.05) is 24.9 Å². The molecule has 1 aromatic carbocycles. The van der Waals surface area contributed by atoms with E-state index in [1.54, 1.807) is 11.3 Å². The highest BCUT2D eigenvalue weighted by Crippen LogP contribution is 2.35. The number of nitrogens with zero attached hydrogens (tertiary/aromatic N) is 3. The van der Waals surface area contributed by atoms with Crippen LogP contribution in [-0.2, 0) is 9.59 Å². The first-order chi connectivity index (χ1) is 12.5. The lowest BCUT2D eigenvalue weighted by Gasteiger charge is -2.18. The van der Waals surface area contributed by atoms with Crippen LogP contribution in [0.25, 0.3) is 20.7 Å². The summed E-state index contributed by atoms with van der Waals surface area (Å²) in [5, 5.41) is 11.9. The van der Waals surface area contributed by atoms with Crippen molar-refractivity contribution in [2.45, 2.75) is 6.42 Å². The van der Waals surface area contributed by atoms with Gasteiger partial charge in [-0.3, -0.25) is 9.59 Å². The number of carboxylic acid groups (broad SMARTS) is 1. The van der Waals surface area contributed by atoms with E-state index in [2.05, 4.69) is 21.4 Å². The average Bonchev–Trinajstić information content (AvgIpc) is 3.09. The first kappa shape index (κ1) is 17.8. The van der Waals surface area contributed by atoms with Gasteiger partial charge in [0.1, 0.15) is 23.5 Å². The Hall–Kier alpha value is -3.00. The summed E-state index contributed by atoms with van der Waals surface area (Å²) in [5.41, 5.74) is 1.12. The number of carbonyl (C=O) groups excluding carboxylic acids is 1. The number of aromatic nitrogens is 2. The normalized spacial score (nSPS) is 10.7. The molecule has 7 nitrogen and oxygen atoms in total. The summed E-state index contributed by atoms with van der Waals surface area (Å²) in [5.74, 6) is -0.616. The van der Waals surface area contributed by atoms with E-state index in [-0.39, 0.29) is 18.9 Å². The summed E-state index contributed by atoms with van der Waals surface area (Å²) in [6, 6.07) is 12.1. The third-order valence-corrected chi connectivity index (χ3v) is 4.93. The number of carboxylic acids is 1. The van der Waals surface area contributed by atoms with Crippen molar-refractivity contribution in [3.63, 3.8) is 0 Å². The van der Waals surface area contributed by atoms with Crippen molar-refractivity contribution in [2.24, 2.45) is 0 Å². The monoisotopic (exact) mass is 370 g/mol. The number of hydrogen-bond donors (Lipinski definition) is 2. The summed E-state index contributed by atoms with van der Waals surface area (Å²) in [7, 11) is 1.85. The molecule has 0 radical (unpaired) electrons. The first-order valence-electron chi connectivity index (χ1n) is 8.04. The minimum atomic E-state index is -1.06. The smallest absolute Gasteiger partial charge is 0.322 e. The lowest BCUT2D eigenvalue weighted by Crippen LogP contribution is -2.32. The van der Waals surface area contributed by atoms with Crippen LogP contribution in [0.3, 0.4) is 0 Å². The zero-order valence-electron chi connectivity index (χ0n) is 14.2. The number of rotatable bonds is 7. The van der Waals surface area contributed by atoms with Gasteiger partial charge < -0.3 is 15.3 Å². The molecule has 0 saturated heterocycles. The van der Waals surface area contributed by atoms with E-state index in [0.717, 1.165) is 26.5 Å². The van der Waals surface area contributed by atoms with Crippen molar-refractivity contribution in [1.82, 2.24) is 15.3 Å². The molecule has 0 aliphatic rings. The molecular formula is C18H18N4O3S. The Labute approximate surface area is 154 Å². The zero-order valence-corrected chi connectivity index (χ0v) is 15.0. The molecule has 2 heterocycles. The number of aliphatic carboxylic acids is 1. The van der Waals surface area contributed by atoms with Gasteiger partial charge in [0.05, 0.1) is 5.39 Å². The predicted molar refractivity (Wildman–Crippen MR) is 101 cm³/mol. The molecular weight excluding hydrogens is 352 g/mol. The van der Waals surface area contributed by atoms with Crippen LogP contribution in [0.2, 0.25) is 0 Å². The van der Waals surface area contributed by atoms with Gasteiger partial charge in [0.2, 0.25) is 5.91 Å². The van der Waals surface area contributed by atoms with Crippen LogP contribution in [-0.4, -0.2) is 47.1 Å². The second-order valence-electron chi connectivity index (χ2n) is 5.73. The van der Waals surface area contributed by atoms with E-state index in [4.69, 9.17) is 5.11 Å². The van der Waals surface area contributed by atoms with Crippen LogP contribution >= 0.6 is 11.3 Å². The average molecular weight is 370 g/mol.